The molecule has 198 valence electrons. The number of hydrogen-bond donors (Lipinski definition) is 0. The molecule has 0 spiro atoms. The van der Waals surface area contributed by atoms with Crippen LogP contribution in [-0.4, -0.2) is 55.1 Å². The smallest absolute Gasteiger partial charge is 0.283 e. The zero-order chi connectivity index (χ0) is 27.5. The number of carbonyl (C=O) groups is 1. The molecule has 2 aromatic carbocycles. The molecule has 39 heavy (non-hydrogen) atoms. The summed E-state index contributed by atoms with van der Waals surface area (Å²) in [5, 5.41) is 7.80. The minimum Gasteiger partial charge on any atom is -0.305 e. The first kappa shape index (κ1) is 24.8. The fourth-order valence-corrected chi connectivity index (χ4v) is 5.06. The van der Waals surface area contributed by atoms with Gasteiger partial charge in [0.05, 0.1) is 24.3 Å². The lowest BCUT2D eigenvalue weighted by atomic mass is 10.1. The van der Waals surface area contributed by atoms with Gasteiger partial charge in [-0.2, -0.15) is 10.2 Å². The molecule has 0 unspecified atom stereocenters. The molecule has 4 aromatic rings. The zero-order valence-corrected chi connectivity index (χ0v) is 21.5. The third-order valence-corrected chi connectivity index (χ3v) is 6.79. The van der Waals surface area contributed by atoms with Crippen molar-refractivity contribution < 1.29 is 18.0 Å². The summed E-state index contributed by atoms with van der Waals surface area (Å²) in [6.07, 6.45) is 1.50. The second kappa shape index (κ2) is 9.04. The molecule has 0 aliphatic carbocycles. The molecule has 2 aliphatic heterocycles. The van der Waals surface area contributed by atoms with E-state index in [9.17, 15) is 13.6 Å². The number of aromatic nitrogens is 4. The van der Waals surface area contributed by atoms with E-state index in [2.05, 4.69) is 10.2 Å². The maximum absolute atomic E-state index is 15.4. The van der Waals surface area contributed by atoms with E-state index in [-0.39, 0.29) is 23.7 Å². The molecular formula is C28H24F3N7O. The number of hydrogen-bond acceptors (Lipinski definition) is 6. The molecular weight excluding hydrogens is 507 g/mol. The van der Waals surface area contributed by atoms with Gasteiger partial charge in [0.15, 0.2) is 17.3 Å². The Morgan fingerprint density at radius 2 is 1.82 bits per heavy atom. The topological polar surface area (TPSA) is 79.5 Å². The number of amides is 1. The lowest BCUT2D eigenvalue weighted by molar-refractivity contribution is 0.0841. The van der Waals surface area contributed by atoms with Crippen LogP contribution in [0.4, 0.5) is 19.0 Å². The zero-order valence-electron chi connectivity index (χ0n) is 21.5. The van der Waals surface area contributed by atoms with E-state index in [4.69, 9.17) is 9.98 Å². The molecule has 11 heteroatoms. The summed E-state index contributed by atoms with van der Waals surface area (Å²) in [6, 6.07) is 11.5. The second-order valence-electron chi connectivity index (χ2n) is 10.1. The number of anilines is 1. The summed E-state index contributed by atoms with van der Waals surface area (Å²) in [5.74, 6) is -1.53. The molecule has 8 nitrogen and oxygen atoms in total. The number of fused-ring (bicyclic) bond motifs is 3. The molecule has 0 atom stereocenters. The molecule has 1 amide bonds. The third-order valence-electron chi connectivity index (χ3n) is 6.79. The van der Waals surface area contributed by atoms with Crippen molar-refractivity contribution in [1.29, 1.82) is 0 Å². The molecule has 0 N–H and O–H groups in total. The second-order valence-corrected chi connectivity index (χ2v) is 10.1. The van der Waals surface area contributed by atoms with Crippen LogP contribution in [-0.2, 0) is 6.54 Å². The Bertz CT molecular complexity index is 1650. The van der Waals surface area contributed by atoms with Gasteiger partial charge in [-0.1, -0.05) is 12.1 Å². The monoisotopic (exact) mass is 531 g/mol. The van der Waals surface area contributed by atoms with Crippen LogP contribution in [0.15, 0.2) is 59.7 Å². The summed E-state index contributed by atoms with van der Waals surface area (Å²) in [6.45, 7) is 6.71. The number of halogens is 3. The maximum atomic E-state index is 15.4. The highest BCUT2D eigenvalue weighted by atomic mass is 19.2. The Kier molecular flexibility index (Phi) is 5.74. The molecule has 0 saturated carbocycles. The van der Waals surface area contributed by atoms with Crippen molar-refractivity contribution in [3.05, 3.63) is 83.4 Å². The van der Waals surface area contributed by atoms with Gasteiger partial charge < -0.3 is 4.57 Å². The molecule has 2 aliphatic rings. The van der Waals surface area contributed by atoms with E-state index < -0.39 is 23.0 Å². The number of benzene rings is 2. The van der Waals surface area contributed by atoms with Crippen LogP contribution in [0.5, 0.6) is 0 Å². The molecule has 0 bridgehead atoms. The Labute approximate surface area is 222 Å². The van der Waals surface area contributed by atoms with Crippen molar-refractivity contribution in [2.75, 3.05) is 18.0 Å². The van der Waals surface area contributed by atoms with E-state index in [0.717, 1.165) is 12.1 Å². The largest absolute Gasteiger partial charge is 0.305 e. The normalized spacial score (nSPS) is 15.8. The van der Waals surface area contributed by atoms with Crippen molar-refractivity contribution in [2.24, 2.45) is 4.99 Å². The van der Waals surface area contributed by atoms with Gasteiger partial charge in [0.1, 0.15) is 17.5 Å². The average Bonchev–Trinajstić information content (AvgIpc) is 3.44. The number of aliphatic imine (C=N–C) groups is 1. The van der Waals surface area contributed by atoms with Crippen LogP contribution in [0.2, 0.25) is 0 Å². The summed E-state index contributed by atoms with van der Waals surface area (Å²) in [4.78, 5) is 26.6. The standard InChI is InChI=1S/C28H24F3N7O/c1-4-36-26(39)23-25(38-15-28(2,3)34-27(36)38)37(14-16-7-10-19(29)21(31)12-16)24(33-23)17-8-9-18(20(30)13-17)22-6-5-11-32-35-22/h5-13H,4,14-15H2,1-3H3. The van der Waals surface area contributed by atoms with Gasteiger partial charge in [-0.25, -0.2) is 23.1 Å². The molecule has 0 radical (unpaired) electrons. The highest BCUT2D eigenvalue weighted by Gasteiger charge is 2.45. The number of imidazole rings is 1. The average molecular weight is 532 g/mol. The summed E-state index contributed by atoms with van der Waals surface area (Å²) >= 11 is 0. The van der Waals surface area contributed by atoms with Crippen LogP contribution in [0.25, 0.3) is 22.6 Å². The third kappa shape index (κ3) is 4.14. The van der Waals surface area contributed by atoms with Gasteiger partial charge in [0, 0.05) is 23.9 Å². The van der Waals surface area contributed by atoms with E-state index in [0.29, 0.717) is 47.5 Å². The van der Waals surface area contributed by atoms with Crippen LogP contribution >= 0.6 is 0 Å². The molecule has 0 saturated heterocycles. The number of rotatable bonds is 5. The van der Waals surface area contributed by atoms with Crippen molar-refractivity contribution in [2.45, 2.75) is 32.9 Å². The van der Waals surface area contributed by atoms with E-state index >= 15 is 4.39 Å². The van der Waals surface area contributed by atoms with Gasteiger partial charge in [-0.05, 0) is 62.7 Å². The van der Waals surface area contributed by atoms with Gasteiger partial charge in [0.25, 0.3) is 5.91 Å². The molecule has 2 aromatic heterocycles. The minimum atomic E-state index is -0.986. The molecule has 6 rings (SSSR count). The Morgan fingerprint density at radius 1 is 1.00 bits per heavy atom. The van der Waals surface area contributed by atoms with E-state index in [1.165, 1.54) is 18.3 Å². The Morgan fingerprint density at radius 3 is 2.51 bits per heavy atom. The van der Waals surface area contributed by atoms with Crippen LogP contribution in [0, 0.1) is 17.5 Å². The summed E-state index contributed by atoms with van der Waals surface area (Å²) < 4.78 is 45.0. The van der Waals surface area contributed by atoms with Crippen molar-refractivity contribution in [3.8, 4) is 22.6 Å². The fraction of sp³-hybridized carbons (Fsp3) is 0.250. The van der Waals surface area contributed by atoms with E-state index in [1.54, 1.807) is 33.7 Å². The minimum absolute atomic E-state index is 0.0615. The first-order chi connectivity index (χ1) is 18.7. The number of nitrogens with zero attached hydrogens (tertiary/aromatic N) is 7. The van der Waals surface area contributed by atoms with Gasteiger partial charge in [0.2, 0.25) is 5.96 Å². The van der Waals surface area contributed by atoms with Gasteiger partial charge in [-0.3, -0.25) is 14.6 Å². The number of guanidine groups is 1. The van der Waals surface area contributed by atoms with Crippen molar-refractivity contribution in [3.63, 3.8) is 0 Å². The first-order valence-corrected chi connectivity index (χ1v) is 12.5. The molecule has 0 fully saturated rings. The van der Waals surface area contributed by atoms with Gasteiger partial charge >= 0.3 is 0 Å². The van der Waals surface area contributed by atoms with Crippen molar-refractivity contribution in [1.82, 2.24) is 24.6 Å². The van der Waals surface area contributed by atoms with Crippen LogP contribution in [0.3, 0.4) is 0 Å². The maximum Gasteiger partial charge on any atom is 0.283 e. The highest BCUT2D eigenvalue weighted by molar-refractivity contribution is 6.18. The highest BCUT2D eigenvalue weighted by Crippen LogP contribution is 2.39. The lowest BCUT2D eigenvalue weighted by Gasteiger charge is -2.34. The quantitative estimate of drug-likeness (QED) is 0.366. The predicted octanol–water partition coefficient (Wildman–Crippen LogP) is 4.90. The number of carbonyl (C=O) groups excluding carboxylic acids is 1. The predicted molar refractivity (Wildman–Crippen MR) is 140 cm³/mol. The first-order valence-electron chi connectivity index (χ1n) is 12.5. The van der Waals surface area contributed by atoms with Crippen LogP contribution < -0.4 is 4.90 Å². The Balaban J connectivity index is 1.54. The summed E-state index contributed by atoms with van der Waals surface area (Å²) in [5.41, 5.74) is 1.20. The van der Waals surface area contributed by atoms with E-state index in [1.807, 2.05) is 25.7 Å². The van der Waals surface area contributed by atoms with Gasteiger partial charge in [-0.15, -0.1) is 0 Å². The lowest BCUT2D eigenvalue weighted by Crippen LogP contribution is -2.51. The molecule has 4 heterocycles. The van der Waals surface area contributed by atoms with Crippen molar-refractivity contribution >= 4 is 17.7 Å². The SMILES string of the molecule is CCN1C(=O)c2nc(-c3ccc(-c4cccnn4)c(F)c3)n(Cc3ccc(F)c(F)c3)c2N2CC(C)(C)N=C12. The van der Waals surface area contributed by atoms with Crippen LogP contribution in [0.1, 0.15) is 36.8 Å². The fourth-order valence-electron chi connectivity index (χ4n) is 5.06. The summed E-state index contributed by atoms with van der Waals surface area (Å²) in [7, 11) is 0. The Hall–Kier alpha value is -4.54.